The van der Waals surface area contributed by atoms with Gasteiger partial charge in [0.1, 0.15) is 0 Å². The van der Waals surface area contributed by atoms with Crippen molar-refractivity contribution in [3.05, 3.63) is 72.8 Å². The number of nitrogens with zero attached hydrogens (tertiary/aromatic N) is 2. The molecule has 3 aromatic carbocycles. The molecular weight excluding hydrogens is 419 g/mol. The van der Waals surface area contributed by atoms with Gasteiger partial charge in [-0.15, -0.1) is 0 Å². The van der Waals surface area contributed by atoms with E-state index in [1.54, 1.807) is 0 Å². The monoisotopic (exact) mass is 450 g/mol. The molecule has 4 rings (SSSR count). The fraction of sp³-hybridized carbons (Fsp3) is 0.231. The van der Waals surface area contributed by atoms with E-state index >= 15 is 0 Å². The van der Waals surface area contributed by atoms with Crippen molar-refractivity contribution in [2.24, 2.45) is 0 Å². The molecule has 4 aromatic rings. The Bertz CT molecular complexity index is 1050. The molecule has 0 saturated carbocycles. The molecular formula is C26H30N2Se+2. The predicted octanol–water partition coefficient (Wildman–Crippen LogP) is 5.62. The Kier molecular flexibility index (Phi) is 5.04. The molecule has 0 radical (unpaired) electrons. The molecule has 148 valence electrons. The molecule has 1 heterocycles. The van der Waals surface area contributed by atoms with E-state index in [9.17, 15) is 0 Å². The van der Waals surface area contributed by atoms with Crippen molar-refractivity contribution in [2.45, 2.75) is 0 Å². The Morgan fingerprint density at radius 1 is 0.483 bits per heavy atom. The summed E-state index contributed by atoms with van der Waals surface area (Å²) in [6.07, 6.45) is 0. The van der Waals surface area contributed by atoms with Gasteiger partial charge in [-0.2, -0.15) is 0 Å². The summed E-state index contributed by atoms with van der Waals surface area (Å²) in [5.41, 5.74) is 5.36. The Balaban J connectivity index is 1.82. The molecule has 3 heteroatoms. The minimum atomic E-state index is 0.292. The first kappa shape index (κ1) is 20.1. The van der Waals surface area contributed by atoms with Crippen molar-refractivity contribution >= 4 is 36.7 Å². The van der Waals surface area contributed by atoms with Gasteiger partial charge in [0.05, 0.1) is 0 Å². The van der Waals surface area contributed by atoms with Gasteiger partial charge in [-0.3, -0.25) is 0 Å². The predicted molar refractivity (Wildman–Crippen MR) is 131 cm³/mol. The van der Waals surface area contributed by atoms with Crippen molar-refractivity contribution < 1.29 is 0 Å². The molecule has 0 aliphatic rings. The third kappa shape index (κ3) is 3.97. The molecule has 0 unspecified atom stereocenters. The minimum absolute atomic E-state index is 0.292. The summed E-state index contributed by atoms with van der Waals surface area (Å²) in [4.78, 5) is 0. The second-order valence-corrected chi connectivity index (χ2v) is 11.6. The number of fused-ring (bicyclic) bond motifs is 1. The van der Waals surface area contributed by atoms with E-state index in [1.165, 1.54) is 42.1 Å². The fourth-order valence-electron chi connectivity index (χ4n) is 3.64. The van der Waals surface area contributed by atoms with Crippen LogP contribution in [-0.2, 0) is 0 Å². The Hall–Kier alpha value is -2.16. The molecule has 2 nitrogen and oxygen atoms in total. The van der Waals surface area contributed by atoms with Gasteiger partial charge >= 0.3 is 181 Å². The van der Waals surface area contributed by atoms with Crippen LogP contribution in [0.5, 0.6) is 0 Å². The molecule has 0 aliphatic carbocycles. The van der Waals surface area contributed by atoms with E-state index in [0.717, 1.165) is 8.97 Å². The molecule has 29 heavy (non-hydrogen) atoms. The number of hydrogen-bond donors (Lipinski definition) is 0. The van der Waals surface area contributed by atoms with Gasteiger partial charge in [0.2, 0.25) is 0 Å². The Morgan fingerprint density at radius 3 is 1.14 bits per heavy atom. The maximum atomic E-state index is 2.30. The summed E-state index contributed by atoms with van der Waals surface area (Å²) in [7, 11) is 13.3. The first-order valence-corrected chi connectivity index (χ1v) is 11.7. The van der Waals surface area contributed by atoms with Crippen LogP contribution in [0.15, 0.2) is 72.8 Å². The molecule has 0 amide bonds. The summed E-state index contributed by atoms with van der Waals surface area (Å²) in [6.45, 7) is 0. The van der Waals surface area contributed by atoms with Crippen LogP contribution in [0.25, 0.3) is 30.8 Å². The van der Waals surface area contributed by atoms with Gasteiger partial charge in [0.25, 0.3) is 0 Å². The zero-order chi connectivity index (χ0) is 20.8. The normalized spacial score (nSPS) is 12.5. The van der Waals surface area contributed by atoms with Gasteiger partial charge in [-0.25, -0.2) is 0 Å². The summed E-state index contributed by atoms with van der Waals surface area (Å²) < 4.78 is 4.67. The van der Waals surface area contributed by atoms with E-state index in [4.69, 9.17) is 0 Å². The second kappa shape index (κ2) is 7.27. The topological polar surface area (TPSA) is 0 Å². The van der Waals surface area contributed by atoms with Crippen LogP contribution in [0.1, 0.15) is 0 Å². The molecule has 0 atom stereocenters. The first-order chi connectivity index (χ1) is 13.6. The number of rotatable bonds is 4. The zero-order valence-corrected chi connectivity index (χ0v) is 19.9. The van der Waals surface area contributed by atoms with E-state index in [-0.39, 0.29) is 0 Å². The average Bonchev–Trinajstić information content (AvgIpc) is 3.07. The number of benzene rings is 3. The molecule has 0 spiro atoms. The van der Waals surface area contributed by atoms with Crippen LogP contribution < -0.4 is 8.97 Å². The molecule has 0 bridgehead atoms. The third-order valence-electron chi connectivity index (χ3n) is 5.43. The zero-order valence-electron chi connectivity index (χ0n) is 18.2. The van der Waals surface area contributed by atoms with Gasteiger partial charge in [-0.1, -0.05) is 0 Å². The summed E-state index contributed by atoms with van der Waals surface area (Å²) >= 11 is 0.292. The van der Waals surface area contributed by atoms with Crippen LogP contribution in [0, 0.1) is 0 Å². The van der Waals surface area contributed by atoms with Gasteiger partial charge in [0.15, 0.2) is 0 Å². The van der Waals surface area contributed by atoms with Crippen LogP contribution in [-0.4, -0.2) is 56.8 Å². The van der Waals surface area contributed by atoms with E-state index in [1.807, 2.05) is 0 Å². The average molecular weight is 450 g/mol. The number of quaternary nitrogens is 2. The standard InChI is InChI=1S/C26H30N2Se/c1-27(2,3)21-15-11-19(12-16-21)25-23-9-7-8-10-24(23)26(29-25)20-13-17-22(18-14-20)28(4,5)6/h7-18H,1-6H3/q+2. The van der Waals surface area contributed by atoms with E-state index < -0.39 is 0 Å². The van der Waals surface area contributed by atoms with Crippen molar-refractivity contribution in [1.82, 2.24) is 8.97 Å². The van der Waals surface area contributed by atoms with Crippen molar-refractivity contribution in [3.63, 3.8) is 0 Å². The Labute approximate surface area is 180 Å². The molecule has 0 fully saturated rings. The molecule has 1 aromatic heterocycles. The van der Waals surface area contributed by atoms with Gasteiger partial charge < -0.3 is 0 Å². The quantitative estimate of drug-likeness (QED) is 0.280. The van der Waals surface area contributed by atoms with Crippen LogP contribution in [0.4, 0.5) is 11.4 Å². The van der Waals surface area contributed by atoms with E-state index in [2.05, 4.69) is 115 Å². The maximum absolute atomic E-state index is 2.30. The van der Waals surface area contributed by atoms with Gasteiger partial charge in [-0.05, 0) is 0 Å². The van der Waals surface area contributed by atoms with Crippen LogP contribution >= 0.6 is 0 Å². The second-order valence-electron chi connectivity index (χ2n) is 9.42. The summed E-state index contributed by atoms with van der Waals surface area (Å²) in [5, 5.41) is 2.80. The fourth-order valence-corrected chi connectivity index (χ4v) is 6.34. The Morgan fingerprint density at radius 2 is 0.828 bits per heavy atom. The first-order valence-electron chi connectivity index (χ1n) is 10.0. The van der Waals surface area contributed by atoms with Gasteiger partial charge in [0, 0.05) is 0 Å². The molecule has 0 saturated heterocycles. The van der Waals surface area contributed by atoms with Crippen molar-refractivity contribution in [2.75, 3.05) is 42.3 Å². The SMILES string of the molecule is C[N+](C)(C)c1ccc(-c2[se]c(-c3ccc([N+](C)(C)C)cc3)c3ccccc23)cc1. The van der Waals surface area contributed by atoms with Crippen LogP contribution in [0.3, 0.4) is 0 Å². The van der Waals surface area contributed by atoms with Crippen molar-refractivity contribution in [3.8, 4) is 20.0 Å². The van der Waals surface area contributed by atoms with Crippen molar-refractivity contribution in [1.29, 1.82) is 0 Å². The van der Waals surface area contributed by atoms with E-state index in [0.29, 0.717) is 14.5 Å². The summed E-state index contributed by atoms with van der Waals surface area (Å²) in [5.74, 6) is 0. The summed E-state index contributed by atoms with van der Waals surface area (Å²) in [6, 6.07) is 27.2. The third-order valence-corrected chi connectivity index (χ3v) is 8.20. The molecule has 0 N–H and O–H groups in total. The van der Waals surface area contributed by atoms with Crippen LogP contribution in [0.2, 0.25) is 0 Å². The number of hydrogen-bond acceptors (Lipinski definition) is 0. The molecule has 0 aliphatic heterocycles.